The van der Waals surface area contributed by atoms with Gasteiger partial charge in [0.2, 0.25) is 0 Å². The van der Waals surface area contributed by atoms with Crippen molar-refractivity contribution in [1.29, 1.82) is 0 Å². The van der Waals surface area contributed by atoms with Gasteiger partial charge in [0.1, 0.15) is 5.82 Å². The van der Waals surface area contributed by atoms with Crippen molar-refractivity contribution in [2.75, 3.05) is 71.0 Å². The molecule has 0 aromatic carbocycles. The molecule has 3 rings (SSSR count). The topological polar surface area (TPSA) is 56.2 Å². The van der Waals surface area contributed by atoms with Gasteiger partial charge in [-0.15, -0.1) is 0 Å². The molecule has 2 fully saturated rings. The van der Waals surface area contributed by atoms with Gasteiger partial charge in [-0.25, -0.2) is 4.98 Å². The van der Waals surface area contributed by atoms with Gasteiger partial charge in [-0.3, -0.25) is 9.89 Å². The highest BCUT2D eigenvalue weighted by Gasteiger charge is 2.28. The molecule has 2 saturated heterocycles. The zero-order valence-electron chi connectivity index (χ0n) is 18.4. The molecule has 1 aromatic rings. The van der Waals surface area contributed by atoms with Gasteiger partial charge in [-0.1, -0.05) is 32.8 Å². The molecule has 7 heteroatoms. The van der Waals surface area contributed by atoms with Gasteiger partial charge in [0.05, 0.1) is 13.2 Å². The fourth-order valence-electron chi connectivity index (χ4n) is 4.55. The predicted octanol–water partition coefficient (Wildman–Crippen LogP) is 1.92. The van der Waals surface area contributed by atoms with Gasteiger partial charge in [0.15, 0.2) is 5.96 Å². The average Bonchev–Trinajstić information content (AvgIpc) is 2.80. The van der Waals surface area contributed by atoms with Crippen LogP contribution in [0.15, 0.2) is 29.4 Å². The number of ether oxygens (including phenoxy) is 1. The maximum absolute atomic E-state index is 5.58. The third kappa shape index (κ3) is 5.82. The van der Waals surface area contributed by atoms with Crippen LogP contribution in [-0.2, 0) is 4.74 Å². The molecule has 29 heavy (non-hydrogen) atoms. The number of hydrogen-bond acceptors (Lipinski definition) is 5. The van der Waals surface area contributed by atoms with Crippen molar-refractivity contribution in [3.8, 4) is 0 Å². The zero-order valence-corrected chi connectivity index (χ0v) is 18.4. The Balaban J connectivity index is 1.55. The summed E-state index contributed by atoms with van der Waals surface area (Å²) < 4.78 is 5.58. The summed E-state index contributed by atoms with van der Waals surface area (Å²) in [5.74, 6) is 2.78. The number of nitrogens with one attached hydrogen (secondary N) is 1. The molecule has 0 spiro atoms. The van der Waals surface area contributed by atoms with Crippen LogP contribution in [0.2, 0.25) is 0 Å². The number of anilines is 1. The van der Waals surface area contributed by atoms with Gasteiger partial charge in [-0.2, -0.15) is 0 Å². The van der Waals surface area contributed by atoms with E-state index < -0.39 is 0 Å². The van der Waals surface area contributed by atoms with Crippen molar-refractivity contribution in [3.63, 3.8) is 0 Å². The molecule has 0 bridgehead atoms. The molecular formula is C22H38N6O. The fraction of sp³-hybridized carbons (Fsp3) is 0.727. The number of morpholine rings is 1. The minimum absolute atomic E-state index is 0.528. The Hall–Kier alpha value is -1.86. The maximum atomic E-state index is 5.58. The molecule has 0 aliphatic carbocycles. The number of nitrogens with zero attached hydrogens (tertiary/aromatic N) is 5. The molecule has 1 aromatic heterocycles. The second-order valence-corrected chi connectivity index (χ2v) is 7.88. The van der Waals surface area contributed by atoms with Gasteiger partial charge in [0.25, 0.3) is 0 Å². The van der Waals surface area contributed by atoms with Crippen LogP contribution in [0.4, 0.5) is 5.82 Å². The minimum atomic E-state index is 0.528. The van der Waals surface area contributed by atoms with Crippen molar-refractivity contribution in [2.45, 2.75) is 32.7 Å². The van der Waals surface area contributed by atoms with Crippen molar-refractivity contribution in [1.82, 2.24) is 20.1 Å². The maximum Gasteiger partial charge on any atom is 0.193 e. The van der Waals surface area contributed by atoms with Crippen LogP contribution in [0.25, 0.3) is 0 Å². The number of aliphatic imine (C=N–C) groups is 1. The van der Waals surface area contributed by atoms with E-state index >= 15 is 0 Å². The SMILES string of the molecule is CCC(CC)C(CNC(=NC)N1CCN(c2ccccn2)CC1)N1CCOCC1. The Morgan fingerprint density at radius 2 is 1.83 bits per heavy atom. The lowest BCUT2D eigenvalue weighted by Crippen LogP contribution is -2.56. The Labute approximate surface area is 176 Å². The monoisotopic (exact) mass is 402 g/mol. The molecular weight excluding hydrogens is 364 g/mol. The Bertz CT molecular complexity index is 607. The first-order valence-electron chi connectivity index (χ1n) is 11.2. The molecule has 1 atom stereocenters. The van der Waals surface area contributed by atoms with Crippen LogP contribution < -0.4 is 10.2 Å². The Morgan fingerprint density at radius 1 is 1.10 bits per heavy atom. The minimum Gasteiger partial charge on any atom is -0.379 e. The average molecular weight is 403 g/mol. The van der Waals surface area contributed by atoms with E-state index in [1.807, 2.05) is 19.3 Å². The van der Waals surface area contributed by atoms with E-state index in [2.05, 4.69) is 56.0 Å². The van der Waals surface area contributed by atoms with Crippen LogP contribution in [0.3, 0.4) is 0 Å². The van der Waals surface area contributed by atoms with Crippen LogP contribution in [0.1, 0.15) is 26.7 Å². The number of hydrogen-bond donors (Lipinski definition) is 1. The fourth-order valence-corrected chi connectivity index (χ4v) is 4.55. The summed E-state index contributed by atoms with van der Waals surface area (Å²) in [4.78, 5) is 16.4. The lowest BCUT2D eigenvalue weighted by atomic mass is 9.92. The molecule has 1 N–H and O–H groups in total. The number of piperazine rings is 1. The molecule has 0 amide bonds. The van der Waals surface area contributed by atoms with Gasteiger partial charge in [-0.05, 0) is 18.1 Å². The number of rotatable bonds is 7. The first-order valence-corrected chi connectivity index (χ1v) is 11.2. The summed E-state index contributed by atoms with van der Waals surface area (Å²) in [5.41, 5.74) is 0. The highest BCUT2D eigenvalue weighted by Crippen LogP contribution is 2.20. The number of aromatic nitrogens is 1. The molecule has 0 radical (unpaired) electrons. The third-order valence-corrected chi connectivity index (χ3v) is 6.34. The molecule has 7 nitrogen and oxygen atoms in total. The van der Waals surface area contributed by atoms with E-state index in [0.29, 0.717) is 12.0 Å². The van der Waals surface area contributed by atoms with E-state index in [9.17, 15) is 0 Å². The standard InChI is InChI=1S/C22H38N6O/c1-4-19(5-2)20(26-14-16-29-17-15-26)18-25-22(23-3)28-12-10-27(11-13-28)21-8-6-7-9-24-21/h6-9,19-20H,4-5,10-18H2,1-3H3,(H,23,25). The molecule has 2 aliphatic rings. The first-order chi connectivity index (χ1) is 14.3. The number of pyridine rings is 1. The number of guanidine groups is 1. The van der Waals surface area contributed by atoms with Crippen LogP contribution in [0.5, 0.6) is 0 Å². The van der Waals surface area contributed by atoms with Gasteiger partial charge < -0.3 is 19.9 Å². The van der Waals surface area contributed by atoms with E-state index in [1.54, 1.807) is 0 Å². The molecule has 2 aliphatic heterocycles. The predicted molar refractivity (Wildman–Crippen MR) is 120 cm³/mol. The van der Waals surface area contributed by atoms with Crippen molar-refractivity contribution in [3.05, 3.63) is 24.4 Å². The third-order valence-electron chi connectivity index (χ3n) is 6.34. The summed E-state index contributed by atoms with van der Waals surface area (Å²) in [6, 6.07) is 6.64. The molecule has 1 unspecified atom stereocenters. The van der Waals surface area contributed by atoms with E-state index in [1.165, 1.54) is 12.8 Å². The highest BCUT2D eigenvalue weighted by atomic mass is 16.5. The summed E-state index contributed by atoms with van der Waals surface area (Å²) in [6.07, 6.45) is 4.29. The van der Waals surface area contributed by atoms with E-state index in [0.717, 1.165) is 70.8 Å². The largest absolute Gasteiger partial charge is 0.379 e. The lowest BCUT2D eigenvalue weighted by molar-refractivity contribution is 0.00259. The second-order valence-electron chi connectivity index (χ2n) is 7.88. The molecule has 0 saturated carbocycles. The van der Waals surface area contributed by atoms with Crippen molar-refractivity contribution < 1.29 is 4.74 Å². The van der Waals surface area contributed by atoms with Gasteiger partial charge in [0, 0.05) is 65.1 Å². The van der Waals surface area contributed by atoms with E-state index in [4.69, 9.17) is 4.74 Å². The molecule has 3 heterocycles. The van der Waals surface area contributed by atoms with Crippen LogP contribution in [-0.4, -0.2) is 92.9 Å². The Kier molecular flexibility index (Phi) is 8.55. The van der Waals surface area contributed by atoms with Crippen LogP contribution in [0, 0.1) is 5.92 Å². The smallest absolute Gasteiger partial charge is 0.193 e. The Morgan fingerprint density at radius 3 is 2.41 bits per heavy atom. The summed E-state index contributed by atoms with van der Waals surface area (Å²) >= 11 is 0. The second kappa shape index (κ2) is 11.4. The van der Waals surface area contributed by atoms with Crippen LogP contribution >= 0.6 is 0 Å². The van der Waals surface area contributed by atoms with E-state index in [-0.39, 0.29) is 0 Å². The van der Waals surface area contributed by atoms with Crippen molar-refractivity contribution >= 4 is 11.8 Å². The van der Waals surface area contributed by atoms with Gasteiger partial charge >= 0.3 is 0 Å². The normalized spacial score (nSPS) is 20.2. The quantitative estimate of drug-likeness (QED) is 0.555. The summed E-state index contributed by atoms with van der Waals surface area (Å²) in [7, 11) is 1.90. The summed E-state index contributed by atoms with van der Waals surface area (Å²) in [6.45, 7) is 13.2. The first kappa shape index (κ1) is 21.8. The molecule has 162 valence electrons. The summed E-state index contributed by atoms with van der Waals surface area (Å²) in [5, 5.41) is 3.70. The lowest BCUT2D eigenvalue weighted by Gasteiger charge is -2.40. The highest BCUT2D eigenvalue weighted by molar-refractivity contribution is 5.80. The zero-order chi connectivity index (χ0) is 20.5. The van der Waals surface area contributed by atoms with Crippen molar-refractivity contribution in [2.24, 2.45) is 10.9 Å².